The molecule has 126 valence electrons. The Morgan fingerprint density at radius 1 is 1.26 bits per heavy atom. The maximum Gasteiger partial charge on any atom is 0.337 e. The topological polar surface area (TPSA) is 50.4 Å². The number of ether oxygens (including phenoxy) is 1. The van der Waals surface area contributed by atoms with E-state index >= 15 is 0 Å². The first-order valence-electron chi connectivity index (χ1n) is 8.02. The van der Waals surface area contributed by atoms with Gasteiger partial charge < -0.3 is 15.4 Å². The van der Waals surface area contributed by atoms with Gasteiger partial charge >= 0.3 is 5.97 Å². The van der Waals surface area contributed by atoms with E-state index in [-0.39, 0.29) is 36.9 Å². The van der Waals surface area contributed by atoms with Crippen LogP contribution in [0.25, 0.3) is 0 Å². The highest BCUT2D eigenvalue weighted by Crippen LogP contribution is 2.38. The van der Waals surface area contributed by atoms with Gasteiger partial charge in [0.2, 0.25) is 0 Å². The fraction of sp³-hybridized carbons (Fsp3) is 0.588. The van der Waals surface area contributed by atoms with Crippen LogP contribution in [0.4, 0.5) is 8.78 Å². The second-order valence-electron chi connectivity index (χ2n) is 6.47. The van der Waals surface area contributed by atoms with Gasteiger partial charge in [-0.1, -0.05) is 12.1 Å². The molecule has 2 N–H and O–H groups in total. The fourth-order valence-corrected chi connectivity index (χ4v) is 3.40. The van der Waals surface area contributed by atoms with E-state index < -0.39 is 5.92 Å². The molecule has 0 amide bonds. The number of carbonyl (C=O) groups is 1. The van der Waals surface area contributed by atoms with Crippen molar-refractivity contribution in [2.75, 3.05) is 13.7 Å². The number of halogens is 2. The summed E-state index contributed by atoms with van der Waals surface area (Å²) in [4.78, 5) is 11.5. The molecule has 1 aliphatic heterocycles. The Balaban J connectivity index is 1.57. The molecule has 2 aliphatic rings. The Labute approximate surface area is 134 Å². The summed E-state index contributed by atoms with van der Waals surface area (Å²) in [6, 6.07) is 7.72. The molecule has 1 aromatic carbocycles. The van der Waals surface area contributed by atoms with Gasteiger partial charge in [-0.3, -0.25) is 0 Å². The Morgan fingerprint density at radius 3 is 2.57 bits per heavy atom. The summed E-state index contributed by atoms with van der Waals surface area (Å²) in [5, 5.41) is 6.80. The van der Waals surface area contributed by atoms with Crippen molar-refractivity contribution in [2.24, 2.45) is 0 Å². The zero-order chi connectivity index (χ0) is 16.4. The fourth-order valence-electron chi connectivity index (χ4n) is 3.40. The molecule has 1 saturated carbocycles. The van der Waals surface area contributed by atoms with Crippen molar-refractivity contribution in [3.8, 4) is 0 Å². The Hall–Kier alpha value is -1.53. The van der Waals surface area contributed by atoms with Crippen LogP contribution in [0.2, 0.25) is 0 Å². The normalized spacial score (nSPS) is 27.3. The molecule has 0 aromatic heterocycles. The molecule has 2 atom stereocenters. The van der Waals surface area contributed by atoms with Crippen molar-refractivity contribution in [3.05, 3.63) is 35.4 Å². The van der Waals surface area contributed by atoms with Crippen LogP contribution in [0.3, 0.4) is 0 Å². The SMILES string of the molecule is COC(=O)c1ccc([C@@H]2C[C@@H](NC3CC(F)(F)C3)CCN2)cc1. The van der Waals surface area contributed by atoms with E-state index in [0.29, 0.717) is 5.56 Å². The smallest absolute Gasteiger partial charge is 0.337 e. The summed E-state index contributed by atoms with van der Waals surface area (Å²) in [7, 11) is 1.36. The zero-order valence-corrected chi connectivity index (χ0v) is 13.1. The summed E-state index contributed by atoms with van der Waals surface area (Å²) in [5.74, 6) is -2.83. The second kappa shape index (κ2) is 6.53. The van der Waals surface area contributed by atoms with Gasteiger partial charge in [0.15, 0.2) is 0 Å². The summed E-state index contributed by atoms with van der Waals surface area (Å²) in [6.07, 6.45) is 1.71. The molecule has 4 nitrogen and oxygen atoms in total. The highest BCUT2D eigenvalue weighted by Gasteiger charge is 2.45. The van der Waals surface area contributed by atoms with Gasteiger partial charge in [0.05, 0.1) is 12.7 Å². The number of methoxy groups -OCH3 is 1. The Kier molecular flexibility index (Phi) is 4.64. The Bertz CT molecular complexity index is 554. The zero-order valence-electron chi connectivity index (χ0n) is 13.1. The maximum absolute atomic E-state index is 12.9. The summed E-state index contributed by atoms with van der Waals surface area (Å²) >= 11 is 0. The lowest BCUT2D eigenvalue weighted by atomic mass is 9.85. The average molecular weight is 324 g/mol. The minimum Gasteiger partial charge on any atom is -0.465 e. The van der Waals surface area contributed by atoms with Gasteiger partial charge in [-0.25, -0.2) is 13.6 Å². The molecule has 1 aromatic rings. The van der Waals surface area contributed by atoms with E-state index in [1.165, 1.54) is 7.11 Å². The predicted octanol–water partition coefficient (Wildman–Crippen LogP) is 2.65. The molecule has 0 unspecified atom stereocenters. The van der Waals surface area contributed by atoms with Crippen LogP contribution in [0, 0.1) is 0 Å². The number of alkyl halides is 2. The lowest BCUT2D eigenvalue weighted by Crippen LogP contribution is -2.54. The minimum atomic E-state index is -2.48. The molecule has 23 heavy (non-hydrogen) atoms. The number of rotatable bonds is 4. The van der Waals surface area contributed by atoms with Crippen LogP contribution >= 0.6 is 0 Å². The first-order chi connectivity index (χ1) is 11.0. The molecule has 1 aliphatic carbocycles. The first-order valence-corrected chi connectivity index (χ1v) is 8.02. The van der Waals surface area contributed by atoms with Crippen LogP contribution in [0.1, 0.15) is 47.6 Å². The van der Waals surface area contributed by atoms with Crippen molar-refractivity contribution >= 4 is 5.97 Å². The van der Waals surface area contributed by atoms with Crippen LogP contribution < -0.4 is 10.6 Å². The number of esters is 1. The number of hydrogen-bond donors (Lipinski definition) is 2. The second-order valence-corrected chi connectivity index (χ2v) is 6.47. The number of piperidine rings is 1. The summed E-state index contributed by atoms with van der Waals surface area (Å²) in [6.45, 7) is 0.851. The van der Waals surface area contributed by atoms with Crippen molar-refractivity contribution in [1.82, 2.24) is 10.6 Å². The van der Waals surface area contributed by atoms with Crippen LogP contribution in [0.5, 0.6) is 0 Å². The molecule has 2 fully saturated rings. The third-order valence-electron chi connectivity index (χ3n) is 4.70. The highest BCUT2D eigenvalue weighted by atomic mass is 19.3. The Morgan fingerprint density at radius 2 is 1.96 bits per heavy atom. The summed E-state index contributed by atoms with van der Waals surface area (Å²) < 4.78 is 30.5. The van der Waals surface area contributed by atoms with Gasteiger partial charge in [-0.15, -0.1) is 0 Å². The molecule has 0 spiro atoms. The average Bonchev–Trinajstić information content (AvgIpc) is 2.53. The third-order valence-corrected chi connectivity index (χ3v) is 4.70. The molecule has 6 heteroatoms. The lowest BCUT2D eigenvalue weighted by molar-refractivity contribution is -0.0955. The quantitative estimate of drug-likeness (QED) is 0.836. The van der Waals surface area contributed by atoms with E-state index in [1.807, 2.05) is 12.1 Å². The van der Waals surface area contributed by atoms with Gasteiger partial charge in [-0.2, -0.15) is 0 Å². The van der Waals surface area contributed by atoms with Crippen molar-refractivity contribution in [1.29, 1.82) is 0 Å². The lowest BCUT2D eigenvalue weighted by Gasteiger charge is -2.40. The van der Waals surface area contributed by atoms with Gasteiger partial charge in [0.25, 0.3) is 5.92 Å². The van der Waals surface area contributed by atoms with Crippen molar-refractivity contribution in [3.63, 3.8) is 0 Å². The first kappa shape index (κ1) is 16.3. The minimum absolute atomic E-state index is 0.0462. The maximum atomic E-state index is 12.9. The van der Waals surface area contributed by atoms with Crippen molar-refractivity contribution < 1.29 is 18.3 Å². The monoisotopic (exact) mass is 324 g/mol. The number of nitrogens with one attached hydrogen (secondary N) is 2. The molecular formula is C17H22F2N2O2. The molecule has 0 bridgehead atoms. The largest absolute Gasteiger partial charge is 0.465 e. The van der Waals surface area contributed by atoms with Gasteiger partial charge in [0, 0.05) is 31.0 Å². The van der Waals surface area contributed by atoms with Crippen LogP contribution in [0.15, 0.2) is 24.3 Å². The molecular weight excluding hydrogens is 302 g/mol. The van der Waals surface area contributed by atoms with Gasteiger partial charge in [-0.05, 0) is 37.1 Å². The third kappa shape index (κ3) is 3.87. The van der Waals surface area contributed by atoms with Crippen molar-refractivity contribution in [2.45, 2.75) is 49.7 Å². The van der Waals surface area contributed by atoms with E-state index in [2.05, 4.69) is 10.6 Å². The number of carbonyl (C=O) groups excluding carboxylic acids is 1. The van der Waals surface area contributed by atoms with E-state index in [4.69, 9.17) is 4.74 Å². The van der Waals surface area contributed by atoms with E-state index in [9.17, 15) is 13.6 Å². The highest BCUT2D eigenvalue weighted by molar-refractivity contribution is 5.89. The number of benzene rings is 1. The van der Waals surface area contributed by atoms with Crippen LogP contribution in [-0.4, -0.2) is 37.6 Å². The number of hydrogen-bond acceptors (Lipinski definition) is 4. The molecule has 1 heterocycles. The predicted molar refractivity (Wildman–Crippen MR) is 82.7 cm³/mol. The van der Waals surface area contributed by atoms with E-state index in [0.717, 1.165) is 24.9 Å². The van der Waals surface area contributed by atoms with E-state index in [1.54, 1.807) is 12.1 Å². The molecule has 1 saturated heterocycles. The molecule has 0 radical (unpaired) electrons. The van der Waals surface area contributed by atoms with Crippen LogP contribution in [-0.2, 0) is 4.74 Å². The standard InChI is InChI=1S/C17H22F2N2O2/c1-23-16(22)12-4-2-11(3-5-12)15-8-13(6-7-20-15)21-14-9-17(18,19)10-14/h2-5,13-15,20-21H,6-10H2,1H3/t13-,15-/m0/s1. The summed E-state index contributed by atoms with van der Waals surface area (Å²) in [5.41, 5.74) is 1.63. The van der Waals surface area contributed by atoms with Gasteiger partial charge in [0.1, 0.15) is 0 Å². The molecule has 3 rings (SSSR count).